The lowest BCUT2D eigenvalue weighted by atomic mass is 9.98. The van der Waals surface area contributed by atoms with Gasteiger partial charge in [-0.25, -0.2) is 13.8 Å². The molecule has 1 N–H and O–H groups in total. The molecule has 3 aromatic rings. The van der Waals surface area contributed by atoms with Crippen LogP contribution in [0.3, 0.4) is 0 Å². The van der Waals surface area contributed by atoms with E-state index in [-0.39, 0.29) is 28.8 Å². The number of imidazole rings is 1. The Morgan fingerprint density at radius 1 is 1.44 bits per heavy atom. The second-order valence-corrected chi connectivity index (χ2v) is 6.31. The summed E-state index contributed by atoms with van der Waals surface area (Å²) in [6.45, 7) is 2.37. The minimum absolute atomic E-state index is 0.0465. The van der Waals surface area contributed by atoms with Gasteiger partial charge >= 0.3 is 0 Å². The summed E-state index contributed by atoms with van der Waals surface area (Å²) >= 11 is 5.57. The predicted octanol–water partition coefficient (Wildman–Crippen LogP) is 3.65. The van der Waals surface area contributed by atoms with Gasteiger partial charge in [0.1, 0.15) is 16.4 Å². The minimum Gasteiger partial charge on any atom is -0.334 e. The number of benzene rings is 1. The Hall–Kier alpha value is -2.54. The van der Waals surface area contributed by atoms with Crippen LogP contribution in [0, 0.1) is 11.6 Å². The molecule has 0 radical (unpaired) electrons. The number of halogens is 3. The number of fused-ring (bicyclic) bond motifs is 2. The summed E-state index contributed by atoms with van der Waals surface area (Å²) in [5, 5.41) is -0.635. The van der Waals surface area contributed by atoms with E-state index in [1.807, 2.05) is 19.1 Å². The zero-order valence-corrected chi connectivity index (χ0v) is 13.9. The van der Waals surface area contributed by atoms with Gasteiger partial charge in [0.2, 0.25) is 0 Å². The van der Waals surface area contributed by atoms with Crippen LogP contribution in [-0.2, 0) is 6.42 Å². The third-order valence-electron chi connectivity index (χ3n) is 4.51. The van der Waals surface area contributed by atoms with Crippen LogP contribution >= 0.6 is 11.6 Å². The Morgan fingerprint density at radius 2 is 2.24 bits per heavy atom. The van der Waals surface area contributed by atoms with Gasteiger partial charge in [0.25, 0.3) is 5.91 Å². The first-order valence-electron chi connectivity index (χ1n) is 7.75. The fraction of sp³-hybridized carbons (Fsp3) is 0.235. The molecule has 0 bridgehead atoms. The molecule has 1 aromatic carbocycles. The highest BCUT2D eigenvalue weighted by Gasteiger charge is 2.30. The number of carbonyl (C=O) groups is 1. The first-order valence-corrected chi connectivity index (χ1v) is 8.13. The van der Waals surface area contributed by atoms with Gasteiger partial charge in [-0.3, -0.25) is 9.78 Å². The summed E-state index contributed by atoms with van der Waals surface area (Å²) in [5.74, 6) is -2.31. The molecule has 25 heavy (non-hydrogen) atoms. The second-order valence-electron chi connectivity index (χ2n) is 5.93. The maximum absolute atomic E-state index is 14.1. The molecule has 1 aliphatic rings. The van der Waals surface area contributed by atoms with E-state index in [2.05, 4.69) is 15.0 Å². The molecule has 4 rings (SSSR count). The molecule has 3 heterocycles. The highest BCUT2D eigenvalue weighted by atomic mass is 35.5. The summed E-state index contributed by atoms with van der Waals surface area (Å²) in [6.07, 6.45) is 2.35. The van der Waals surface area contributed by atoms with Crippen molar-refractivity contribution < 1.29 is 13.6 Å². The number of amides is 1. The third kappa shape index (κ3) is 2.46. The van der Waals surface area contributed by atoms with Crippen LogP contribution in [-0.4, -0.2) is 32.3 Å². The molecule has 0 aliphatic carbocycles. The lowest BCUT2D eigenvalue weighted by molar-refractivity contribution is 0.0665. The maximum atomic E-state index is 14.1. The van der Waals surface area contributed by atoms with Crippen LogP contribution < -0.4 is 0 Å². The van der Waals surface area contributed by atoms with Gasteiger partial charge in [0.15, 0.2) is 11.6 Å². The fourth-order valence-corrected chi connectivity index (χ4v) is 3.34. The summed E-state index contributed by atoms with van der Waals surface area (Å²) < 4.78 is 27.6. The number of pyridine rings is 1. The molecule has 1 atom stereocenters. The number of hydrogen-bond acceptors (Lipinski definition) is 3. The normalized spacial score (nSPS) is 17.0. The smallest absolute Gasteiger partial charge is 0.290 e. The number of nitrogens with zero attached hydrogens (tertiary/aromatic N) is 3. The maximum Gasteiger partial charge on any atom is 0.290 e. The quantitative estimate of drug-likeness (QED) is 0.672. The van der Waals surface area contributed by atoms with Crippen LogP contribution in [0.5, 0.6) is 0 Å². The van der Waals surface area contributed by atoms with E-state index in [1.54, 1.807) is 11.1 Å². The number of hydrogen-bond donors (Lipinski definition) is 1. The van der Waals surface area contributed by atoms with Crippen molar-refractivity contribution in [1.29, 1.82) is 0 Å². The summed E-state index contributed by atoms with van der Waals surface area (Å²) in [4.78, 5) is 25.5. The van der Waals surface area contributed by atoms with E-state index >= 15 is 0 Å². The number of H-pyrrole nitrogens is 1. The molecule has 1 amide bonds. The Morgan fingerprint density at radius 3 is 3.04 bits per heavy atom. The molecule has 5 nitrogen and oxygen atoms in total. The van der Waals surface area contributed by atoms with Gasteiger partial charge in [0, 0.05) is 30.9 Å². The van der Waals surface area contributed by atoms with Crippen molar-refractivity contribution in [2.75, 3.05) is 6.54 Å². The van der Waals surface area contributed by atoms with Gasteiger partial charge in [-0.15, -0.1) is 0 Å². The third-order valence-corrected chi connectivity index (χ3v) is 4.86. The summed E-state index contributed by atoms with van der Waals surface area (Å²) in [7, 11) is 0. The van der Waals surface area contributed by atoms with Crippen molar-refractivity contribution in [3.05, 3.63) is 58.1 Å². The Labute approximate surface area is 146 Å². The van der Waals surface area contributed by atoms with Gasteiger partial charge in [-0.05, 0) is 18.6 Å². The van der Waals surface area contributed by atoms with Gasteiger partial charge in [0.05, 0.1) is 11.6 Å². The molecule has 0 fully saturated rings. The second kappa shape index (κ2) is 5.77. The standard InChI is InChI=1S/C17H13ClF2N4O/c1-8-9-3-2-5-21-11(9)4-6-24(8)17(25)16-22-12-7-10(19)13(18)14(20)15(12)23-16/h2-3,5,7-8H,4,6H2,1H3,(H,22,23)/t8-/m1/s1. The topological polar surface area (TPSA) is 61.9 Å². The molecule has 0 saturated carbocycles. The Bertz CT molecular complexity index is 1000. The lowest BCUT2D eigenvalue weighted by Gasteiger charge is -2.34. The number of nitrogens with one attached hydrogen (secondary N) is 1. The van der Waals surface area contributed by atoms with Crippen LogP contribution in [0.1, 0.15) is 34.8 Å². The monoisotopic (exact) mass is 362 g/mol. The molecule has 0 spiro atoms. The van der Waals surface area contributed by atoms with Gasteiger partial charge < -0.3 is 9.88 Å². The number of rotatable bonds is 1. The minimum atomic E-state index is -0.979. The van der Waals surface area contributed by atoms with Crippen molar-refractivity contribution in [3.63, 3.8) is 0 Å². The van der Waals surface area contributed by atoms with E-state index < -0.39 is 16.7 Å². The van der Waals surface area contributed by atoms with Crippen LogP contribution in [0.15, 0.2) is 24.4 Å². The van der Waals surface area contributed by atoms with E-state index in [0.717, 1.165) is 17.3 Å². The zero-order valence-electron chi connectivity index (χ0n) is 13.2. The molecule has 8 heteroatoms. The van der Waals surface area contributed by atoms with Crippen molar-refractivity contribution in [3.8, 4) is 0 Å². The lowest BCUT2D eigenvalue weighted by Crippen LogP contribution is -2.39. The molecule has 128 valence electrons. The average Bonchev–Trinajstić information content (AvgIpc) is 3.04. The summed E-state index contributed by atoms with van der Waals surface area (Å²) in [5.41, 5.74) is 1.87. The predicted molar refractivity (Wildman–Crippen MR) is 88.4 cm³/mol. The number of aromatic nitrogens is 3. The largest absolute Gasteiger partial charge is 0.334 e. The van der Waals surface area contributed by atoms with Crippen molar-refractivity contribution in [2.24, 2.45) is 0 Å². The van der Waals surface area contributed by atoms with E-state index in [9.17, 15) is 13.6 Å². The zero-order chi connectivity index (χ0) is 17.7. The van der Waals surface area contributed by atoms with Crippen LogP contribution in [0.4, 0.5) is 8.78 Å². The highest BCUT2D eigenvalue weighted by molar-refractivity contribution is 6.31. The van der Waals surface area contributed by atoms with E-state index in [4.69, 9.17) is 11.6 Å². The van der Waals surface area contributed by atoms with Crippen molar-refractivity contribution >= 4 is 28.5 Å². The molecule has 0 unspecified atom stereocenters. The van der Waals surface area contributed by atoms with E-state index in [0.29, 0.717) is 13.0 Å². The highest BCUT2D eigenvalue weighted by Crippen LogP contribution is 2.30. The van der Waals surface area contributed by atoms with Crippen molar-refractivity contribution in [2.45, 2.75) is 19.4 Å². The van der Waals surface area contributed by atoms with E-state index in [1.165, 1.54) is 0 Å². The molecule has 0 saturated heterocycles. The molecule has 2 aromatic heterocycles. The first kappa shape index (κ1) is 16.0. The number of aromatic amines is 1. The fourth-order valence-electron chi connectivity index (χ4n) is 3.20. The molecule has 1 aliphatic heterocycles. The van der Waals surface area contributed by atoms with Gasteiger partial charge in [-0.1, -0.05) is 17.7 Å². The Kier molecular flexibility index (Phi) is 3.68. The summed E-state index contributed by atoms with van der Waals surface area (Å²) in [6, 6.07) is 4.59. The SMILES string of the molecule is C[C@@H]1c2cccnc2CCN1C(=O)c1nc2c(F)c(Cl)c(F)cc2[nH]1. The van der Waals surface area contributed by atoms with Crippen molar-refractivity contribution in [1.82, 2.24) is 19.9 Å². The number of carbonyl (C=O) groups excluding carboxylic acids is 1. The molecular weight excluding hydrogens is 350 g/mol. The molecular formula is C17H13ClF2N4O. The van der Waals surface area contributed by atoms with Crippen LogP contribution in [0.2, 0.25) is 5.02 Å². The first-order chi connectivity index (χ1) is 12.0. The van der Waals surface area contributed by atoms with Crippen LogP contribution in [0.25, 0.3) is 11.0 Å². The Balaban J connectivity index is 1.72. The average molecular weight is 363 g/mol. The van der Waals surface area contributed by atoms with Gasteiger partial charge in [-0.2, -0.15) is 0 Å².